The van der Waals surface area contributed by atoms with Crippen LogP contribution >= 0.6 is 11.6 Å². The van der Waals surface area contributed by atoms with Crippen LogP contribution in [0.5, 0.6) is 5.75 Å². The van der Waals surface area contributed by atoms with E-state index in [4.69, 9.17) is 16.3 Å². The Balaban J connectivity index is 2.62. The van der Waals surface area contributed by atoms with Crippen molar-refractivity contribution in [1.82, 2.24) is 5.32 Å². The molecular formula is C13H17ClFNO. The highest BCUT2D eigenvalue weighted by molar-refractivity contribution is 6.29. The van der Waals surface area contributed by atoms with Gasteiger partial charge in [0.15, 0.2) is 11.6 Å². The van der Waals surface area contributed by atoms with E-state index in [0.29, 0.717) is 17.6 Å². The average Bonchev–Trinajstić information content (AvgIpc) is 2.24. The third-order valence-electron chi connectivity index (χ3n) is 2.10. The van der Waals surface area contributed by atoms with Crippen molar-refractivity contribution in [3.63, 3.8) is 0 Å². The molecule has 0 aromatic heterocycles. The van der Waals surface area contributed by atoms with Gasteiger partial charge < -0.3 is 10.1 Å². The lowest BCUT2D eigenvalue weighted by Gasteiger charge is -2.10. The number of benzene rings is 1. The first-order chi connectivity index (χ1) is 7.99. The molecule has 0 bridgehead atoms. The molecule has 0 atom stereocenters. The van der Waals surface area contributed by atoms with Crippen molar-refractivity contribution in [1.29, 1.82) is 0 Å². The zero-order valence-corrected chi connectivity index (χ0v) is 10.9. The van der Waals surface area contributed by atoms with Gasteiger partial charge in [-0.25, -0.2) is 4.39 Å². The van der Waals surface area contributed by atoms with Crippen molar-refractivity contribution in [2.24, 2.45) is 0 Å². The number of rotatable bonds is 6. The van der Waals surface area contributed by atoms with Gasteiger partial charge in [0, 0.05) is 17.6 Å². The van der Waals surface area contributed by atoms with Crippen molar-refractivity contribution in [2.45, 2.75) is 26.4 Å². The van der Waals surface area contributed by atoms with Crippen LogP contribution in [-0.4, -0.2) is 12.6 Å². The number of ether oxygens (including phenoxy) is 1. The quantitative estimate of drug-likeness (QED) is 0.843. The van der Waals surface area contributed by atoms with Crippen LogP contribution in [0, 0.1) is 5.82 Å². The molecule has 0 spiro atoms. The van der Waals surface area contributed by atoms with Gasteiger partial charge in [0.05, 0.1) is 0 Å². The van der Waals surface area contributed by atoms with E-state index in [1.807, 2.05) is 19.9 Å². The lowest BCUT2D eigenvalue weighted by molar-refractivity contribution is 0.338. The van der Waals surface area contributed by atoms with Crippen molar-refractivity contribution in [3.05, 3.63) is 41.2 Å². The summed E-state index contributed by atoms with van der Waals surface area (Å²) in [6.45, 7) is 8.31. The summed E-state index contributed by atoms with van der Waals surface area (Å²) in [5.41, 5.74) is 0.883. The second kappa shape index (κ2) is 6.62. The highest BCUT2D eigenvalue weighted by atomic mass is 35.5. The summed E-state index contributed by atoms with van der Waals surface area (Å²) in [5, 5.41) is 3.56. The third kappa shape index (κ3) is 5.20. The molecule has 2 nitrogen and oxygen atoms in total. The maximum absolute atomic E-state index is 13.6. The van der Waals surface area contributed by atoms with E-state index in [1.54, 1.807) is 6.07 Å². The Hall–Kier alpha value is -1.06. The molecule has 94 valence electrons. The van der Waals surface area contributed by atoms with Crippen LogP contribution in [0.25, 0.3) is 0 Å². The summed E-state index contributed by atoms with van der Waals surface area (Å²) in [7, 11) is 0. The summed E-state index contributed by atoms with van der Waals surface area (Å²) >= 11 is 5.54. The highest BCUT2D eigenvalue weighted by Gasteiger charge is 2.05. The second-order valence-corrected chi connectivity index (χ2v) is 4.64. The summed E-state index contributed by atoms with van der Waals surface area (Å²) in [5.74, 6) is -0.189. The molecule has 0 unspecified atom stereocenters. The van der Waals surface area contributed by atoms with Gasteiger partial charge in [-0.3, -0.25) is 0 Å². The van der Waals surface area contributed by atoms with Crippen LogP contribution in [0.2, 0.25) is 0 Å². The monoisotopic (exact) mass is 257 g/mol. The fourth-order valence-electron chi connectivity index (χ4n) is 1.25. The molecule has 17 heavy (non-hydrogen) atoms. The van der Waals surface area contributed by atoms with Crippen LogP contribution in [-0.2, 0) is 6.54 Å². The lowest BCUT2D eigenvalue weighted by Crippen LogP contribution is -2.21. The minimum absolute atomic E-state index is 0.113. The number of nitrogens with one attached hydrogen (secondary N) is 1. The first-order valence-corrected chi connectivity index (χ1v) is 5.84. The first-order valence-electron chi connectivity index (χ1n) is 5.47. The van der Waals surface area contributed by atoms with Crippen molar-refractivity contribution in [3.8, 4) is 5.75 Å². The van der Waals surface area contributed by atoms with Gasteiger partial charge >= 0.3 is 0 Å². The standard InChI is InChI=1S/C13H17ClFNO/c1-9(2)16-7-11-4-5-13(12(15)6-11)17-8-10(3)14/h4-6,9,16H,3,7-8H2,1-2H3. The van der Waals surface area contributed by atoms with E-state index in [0.717, 1.165) is 5.56 Å². The maximum atomic E-state index is 13.6. The van der Waals surface area contributed by atoms with Crippen LogP contribution in [0.1, 0.15) is 19.4 Å². The molecule has 0 amide bonds. The number of hydrogen-bond donors (Lipinski definition) is 1. The molecule has 0 saturated heterocycles. The molecule has 0 aliphatic rings. The zero-order chi connectivity index (χ0) is 12.8. The SMILES string of the molecule is C=C(Cl)COc1ccc(CNC(C)C)cc1F. The molecule has 0 aliphatic carbocycles. The molecule has 1 rings (SSSR count). The van der Waals surface area contributed by atoms with E-state index in [2.05, 4.69) is 11.9 Å². The fraction of sp³-hybridized carbons (Fsp3) is 0.385. The van der Waals surface area contributed by atoms with E-state index in [-0.39, 0.29) is 18.2 Å². The van der Waals surface area contributed by atoms with Gasteiger partial charge in [0.2, 0.25) is 0 Å². The number of halogens is 2. The van der Waals surface area contributed by atoms with Gasteiger partial charge in [-0.05, 0) is 17.7 Å². The molecule has 0 saturated carbocycles. The largest absolute Gasteiger partial charge is 0.485 e. The van der Waals surface area contributed by atoms with Gasteiger partial charge in [-0.1, -0.05) is 38.1 Å². The molecule has 1 N–H and O–H groups in total. The second-order valence-electron chi connectivity index (χ2n) is 4.11. The molecule has 0 heterocycles. The summed E-state index contributed by atoms with van der Waals surface area (Å²) in [4.78, 5) is 0. The third-order valence-corrected chi connectivity index (χ3v) is 2.20. The van der Waals surface area contributed by atoms with Crippen LogP contribution in [0.4, 0.5) is 4.39 Å². The average molecular weight is 258 g/mol. The number of hydrogen-bond acceptors (Lipinski definition) is 2. The molecular weight excluding hydrogens is 241 g/mol. The molecule has 0 fully saturated rings. The molecule has 1 aromatic carbocycles. The molecule has 0 aliphatic heterocycles. The first kappa shape index (κ1) is 14.0. The van der Waals surface area contributed by atoms with Gasteiger partial charge in [0.1, 0.15) is 6.61 Å². The van der Waals surface area contributed by atoms with Crippen LogP contribution < -0.4 is 10.1 Å². The van der Waals surface area contributed by atoms with Crippen LogP contribution in [0.3, 0.4) is 0 Å². The molecule has 0 radical (unpaired) electrons. The van der Waals surface area contributed by atoms with Crippen molar-refractivity contribution in [2.75, 3.05) is 6.61 Å². The minimum atomic E-state index is -0.383. The highest BCUT2D eigenvalue weighted by Crippen LogP contribution is 2.19. The Morgan fingerprint density at radius 3 is 2.76 bits per heavy atom. The van der Waals surface area contributed by atoms with Crippen molar-refractivity contribution < 1.29 is 9.13 Å². The van der Waals surface area contributed by atoms with Gasteiger partial charge in [0.25, 0.3) is 0 Å². The van der Waals surface area contributed by atoms with Crippen molar-refractivity contribution >= 4 is 11.6 Å². The van der Waals surface area contributed by atoms with Gasteiger partial charge in [-0.15, -0.1) is 0 Å². The normalized spacial score (nSPS) is 10.6. The Labute approximate surface area is 106 Å². The van der Waals surface area contributed by atoms with E-state index >= 15 is 0 Å². The van der Waals surface area contributed by atoms with Gasteiger partial charge in [-0.2, -0.15) is 0 Å². The predicted molar refractivity (Wildman–Crippen MR) is 68.9 cm³/mol. The molecule has 1 aromatic rings. The Kier molecular flexibility index (Phi) is 5.45. The Morgan fingerprint density at radius 1 is 1.53 bits per heavy atom. The van der Waals surface area contributed by atoms with E-state index in [9.17, 15) is 4.39 Å². The predicted octanol–water partition coefficient (Wildman–Crippen LogP) is 3.46. The van der Waals surface area contributed by atoms with E-state index < -0.39 is 0 Å². The lowest BCUT2D eigenvalue weighted by atomic mass is 10.2. The Morgan fingerprint density at radius 2 is 2.24 bits per heavy atom. The summed E-state index contributed by atoms with van der Waals surface area (Å²) in [6.07, 6.45) is 0. The minimum Gasteiger partial charge on any atom is -0.485 e. The zero-order valence-electron chi connectivity index (χ0n) is 10.1. The Bertz CT molecular complexity index is 393. The smallest absolute Gasteiger partial charge is 0.165 e. The maximum Gasteiger partial charge on any atom is 0.165 e. The van der Waals surface area contributed by atoms with Crippen LogP contribution in [0.15, 0.2) is 29.8 Å². The molecule has 4 heteroatoms. The topological polar surface area (TPSA) is 21.3 Å². The van der Waals surface area contributed by atoms with E-state index in [1.165, 1.54) is 6.07 Å². The summed E-state index contributed by atoms with van der Waals surface area (Å²) in [6, 6.07) is 5.26. The summed E-state index contributed by atoms with van der Waals surface area (Å²) < 4.78 is 18.8. The fourth-order valence-corrected chi connectivity index (χ4v) is 1.30.